The summed E-state index contributed by atoms with van der Waals surface area (Å²) in [4.78, 5) is 13.3. The minimum absolute atomic E-state index is 0.116. The average Bonchev–Trinajstić information content (AvgIpc) is 3.11. The minimum Gasteiger partial charge on any atom is -0.403 e. The highest BCUT2D eigenvalue weighted by molar-refractivity contribution is 7.99. The zero-order valence-corrected chi connectivity index (χ0v) is 16.6. The van der Waals surface area contributed by atoms with Crippen LogP contribution in [0.3, 0.4) is 0 Å². The van der Waals surface area contributed by atoms with Crippen molar-refractivity contribution in [1.82, 2.24) is 10.2 Å². The van der Waals surface area contributed by atoms with Gasteiger partial charge in [0.2, 0.25) is 11.8 Å². The minimum atomic E-state index is -0.116. The molecule has 0 atom stereocenters. The summed E-state index contributed by atoms with van der Waals surface area (Å²) in [6.45, 7) is 6.16. The van der Waals surface area contributed by atoms with Gasteiger partial charge in [-0.05, 0) is 68.3 Å². The largest absolute Gasteiger partial charge is 0.403 e. The summed E-state index contributed by atoms with van der Waals surface area (Å²) in [7, 11) is 0. The van der Waals surface area contributed by atoms with Crippen LogP contribution in [0, 0.1) is 20.8 Å². The van der Waals surface area contributed by atoms with Crippen LogP contribution in [0.1, 0.15) is 29.5 Å². The molecule has 0 saturated heterocycles. The number of nitrogens with one attached hydrogen (secondary N) is 1. The fourth-order valence-electron chi connectivity index (χ4n) is 2.50. The molecule has 3 aromatic rings. The summed E-state index contributed by atoms with van der Waals surface area (Å²) >= 11 is 1.75. The number of hydrogen-bond acceptors (Lipinski definition) is 5. The maximum absolute atomic E-state index is 12.1. The quantitative estimate of drug-likeness (QED) is 0.451. The van der Waals surface area contributed by atoms with Crippen molar-refractivity contribution >= 4 is 23.7 Å². The van der Waals surface area contributed by atoms with Crippen LogP contribution < -0.4 is 5.32 Å². The summed E-state index contributed by atoms with van der Waals surface area (Å²) in [6, 6.07) is 14.5. The summed E-state index contributed by atoms with van der Waals surface area (Å²) in [5, 5.41) is 10.6. The lowest BCUT2D eigenvalue weighted by Crippen LogP contribution is -2.11. The molecule has 1 heterocycles. The number of aromatic nitrogens is 2. The van der Waals surface area contributed by atoms with E-state index in [1.165, 1.54) is 16.0 Å². The van der Waals surface area contributed by atoms with Gasteiger partial charge in [-0.1, -0.05) is 28.9 Å². The van der Waals surface area contributed by atoms with E-state index < -0.39 is 0 Å². The molecule has 140 valence electrons. The molecule has 1 amide bonds. The molecule has 5 nitrogen and oxygen atoms in total. The van der Waals surface area contributed by atoms with Gasteiger partial charge in [0.25, 0.3) is 0 Å². The van der Waals surface area contributed by atoms with Gasteiger partial charge in [0.05, 0.1) is 0 Å². The fraction of sp³-hybridized carbons (Fsp3) is 0.286. The Bertz CT molecular complexity index is 919. The van der Waals surface area contributed by atoms with Gasteiger partial charge < -0.3 is 4.42 Å². The van der Waals surface area contributed by atoms with Gasteiger partial charge in [-0.25, -0.2) is 0 Å². The molecular formula is C21H23N3O2S. The van der Waals surface area contributed by atoms with Gasteiger partial charge in [0, 0.05) is 16.9 Å². The van der Waals surface area contributed by atoms with Gasteiger partial charge in [-0.15, -0.1) is 16.9 Å². The summed E-state index contributed by atoms with van der Waals surface area (Å²) < 4.78 is 5.56. The van der Waals surface area contributed by atoms with Crippen molar-refractivity contribution in [1.29, 1.82) is 0 Å². The van der Waals surface area contributed by atoms with Crippen molar-refractivity contribution in [3.05, 3.63) is 59.2 Å². The number of carbonyl (C=O) groups excluding carboxylic acids is 1. The summed E-state index contributed by atoms with van der Waals surface area (Å²) in [6.07, 6.45) is 1.20. The van der Waals surface area contributed by atoms with Crippen LogP contribution in [0.15, 0.2) is 51.8 Å². The standard InChI is InChI=1S/C21H23N3O2S/c1-14-6-10-18(11-7-14)27-12-4-5-19(25)22-21-24-23-20(26-21)17-9-8-15(2)16(3)13-17/h6-11,13H,4-5,12H2,1-3H3,(H,22,24,25). The fourth-order valence-corrected chi connectivity index (χ4v) is 3.36. The zero-order chi connectivity index (χ0) is 19.2. The topological polar surface area (TPSA) is 68.0 Å². The number of thioether (sulfide) groups is 1. The number of carbonyl (C=O) groups is 1. The van der Waals surface area contributed by atoms with E-state index in [4.69, 9.17) is 4.42 Å². The first-order valence-electron chi connectivity index (χ1n) is 8.92. The van der Waals surface area contributed by atoms with Crippen LogP contribution >= 0.6 is 11.8 Å². The second-order valence-electron chi connectivity index (χ2n) is 6.52. The van der Waals surface area contributed by atoms with Crippen LogP contribution in [0.5, 0.6) is 0 Å². The van der Waals surface area contributed by atoms with E-state index in [-0.39, 0.29) is 11.9 Å². The third kappa shape index (κ3) is 5.44. The lowest BCUT2D eigenvalue weighted by atomic mass is 10.1. The van der Waals surface area contributed by atoms with Gasteiger partial charge >= 0.3 is 6.01 Å². The van der Waals surface area contributed by atoms with Gasteiger partial charge in [0.1, 0.15) is 0 Å². The predicted octanol–water partition coefficient (Wildman–Crippen LogP) is 5.17. The number of nitrogens with zero attached hydrogens (tertiary/aromatic N) is 2. The molecule has 2 aromatic carbocycles. The Morgan fingerprint density at radius 3 is 2.56 bits per heavy atom. The highest BCUT2D eigenvalue weighted by atomic mass is 32.2. The molecule has 0 unspecified atom stereocenters. The highest BCUT2D eigenvalue weighted by Crippen LogP contribution is 2.23. The van der Waals surface area contributed by atoms with E-state index in [2.05, 4.69) is 53.6 Å². The highest BCUT2D eigenvalue weighted by Gasteiger charge is 2.12. The first-order chi connectivity index (χ1) is 13.0. The Labute approximate surface area is 163 Å². The van der Waals surface area contributed by atoms with E-state index in [0.29, 0.717) is 12.3 Å². The number of benzene rings is 2. The lowest BCUT2D eigenvalue weighted by Gasteiger charge is -2.03. The van der Waals surface area contributed by atoms with Crippen LogP contribution in [-0.2, 0) is 4.79 Å². The molecule has 0 aliphatic rings. The SMILES string of the molecule is Cc1ccc(SCCCC(=O)Nc2nnc(-c3ccc(C)c(C)c3)o2)cc1. The first kappa shape index (κ1) is 19.2. The van der Waals surface area contributed by atoms with Gasteiger partial charge in [-0.3, -0.25) is 10.1 Å². The molecule has 0 radical (unpaired) electrons. The first-order valence-corrected chi connectivity index (χ1v) is 9.90. The molecule has 1 N–H and O–H groups in total. The number of hydrogen-bond donors (Lipinski definition) is 1. The smallest absolute Gasteiger partial charge is 0.322 e. The van der Waals surface area contributed by atoms with Crippen molar-refractivity contribution in [3.63, 3.8) is 0 Å². The Morgan fingerprint density at radius 2 is 1.81 bits per heavy atom. The summed E-state index contributed by atoms with van der Waals surface area (Å²) in [5.74, 6) is 1.17. The molecule has 6 heteroatoms. The van der Waals surface area contributed by atoms with Crippen LogP contribution in [0.4, 0.5) is 6.01 Å². The van der Waals surface area contributed by atoms with E-state index >= 15 is 0 Å². The maximum Gasteiger partial charge on any atom is 0.322 e. The molecule has 0 aliphatic carbocycles. The van der Waals surface area contributed by atoms with Crippen molar-refractivity contribution in [2.24, 2.45) is 0 Å². The molecule has 0 bridgehead atoms. The van der Waals surface area contributed by atoms with Crippen molar-refractivity contribution in [2.45, 2.75) is 38.5 Å². The molecule has 0 saturated carbocycles. The third-order valence-electron chi connectivity index (χ3n) is 4.26. The Hall–Kier alpha value is -2.60. The zero-order valence-electron chi connectivity index (χ0n) is 15.8. The number of anilines is 1. The van der Waals surface area contributed by atoms with E-state index in [0.717, 1.165) is 23.3 Å². The van der Waals surface area contributed by atoms with Crippen molar-refractivity contribution < 1.29 is 9.21 Å². The molecule has 0 spiro atoms. The molecule has 3 rings (SSSR count). The van der Waals surface area contributed by atoms with Gasteiger partial charge in [0.15, 0.2) is 0 Å². The molecular weight excluding hydrogens is 358 g/mol. The molecule has 0 aliphatic heterocycles. The van der Waals surface area contributed by atoms with Crippen molar-refractivity contribution in [2.75, 3.05) is 11.1 Å². The second-order valence-corrected chi connectivity index (χ2v) is 7.69. The number of aryl methyl sites for hydroxylation is 3. The van der Waals surface area contributed by atoms with Crippen molar-refractivity contribution in [3.8, 4) is 11.5 Å². The molecule has 27 heavy (non-hydrogen) atoms. The molecule has 1 aromatic heterocycles. The number of amides is 1. The predicted molar refractivity (Wildman–Crippen MR) is 109 cm³/mol. The Kier molecular flexibility index (Phi) is 6.29. The van der Waals surface area contributed by atoms with Gasteiger partial charge in [-0.2, -0.15) is 0 Å². The monoisotopic (exact) mass is 381 g/mol. The van der Waals surface area contributed by atoms with E-state index in [1.807, 2.05) is 25.1 Å². The second kappa shape index (κ2) is 8.86. The summed E-state index contributed by atoms with van der Waals surface area (Å²) in [5.41, 5.74) is 4.46. The Balaban J connectivity index is 1.46. The average molecular weight is 382 g/mol. The Morgan fingerprint density at radius 1 is 1.04 bits per heavy atom. The van der Waals surface area contributed by atoms with Crippen LogP contribution in [-0.4, -0.2) is 21.9 Å². The van der Waals surface area contributed by atoms with E-state index in [1.54, 1.807) is 11.8 Å². The third-order valence-corrected chi connectivity index (χ3v) is 5.36. The molecule has 0 fully saturated rings. The van der Waals surface area contributed by atoms with Crippen LogP contribution in [0.25, 0.3) is 11.5 Å². The maximum atomic E-state index is 12.1. The lowest BCUT2D eigenvalue weighted by molar-refractivity contribution is -0.116. The van der Waals surface area contributed by atoms with Crippen LogP contribution in [0.2, 0.25) is 0 Å². The normalized spacial score (nSPS) is 10.8. The number of rotatable bonds is 7. The van der Waals surface area contributed by atoms with E-state index in [9.17, 15) is 4.79 Å².